The minimum absolute atomic E-state index is 0.0911. The molecule has 0 saturated heterocycles. The van der Waals surface area contributed by atoms with Gasteiger partial charge < -0.3 is 9.64 Å². The van der Waals surface area contributed by atoms with Crippen LogP contribution in [0, 0.1) is 5.82 Å². The Hall–Kier alpha value is -3.21. The van der Waals surface area contributed by atoms with Crippen LogP contribution in [-0.2, 0) is 19.6 Å². The Kier molecular flexibility index (Phi) is 4.83. The molecule has 0 atom stereocenters. The van der Waals surface area contributed by atoms with Gasteiger partial charge in [-0.3, -0.25) is 9.78 Å². The van der Waals surface area contributed by atoms with Crippen LogP contribution in [-0.4, -0.2) is 22.3 Å². The second kappa shape index (κ2) is 7.58. The molecule has 4 rings (SSSR count). The normalized spacial score (nSPS) is 13.1. The molecule has 0 bridgehead atoms. The third-order valence-corrected chi connectivity index (χ3v) is 4.62. The number of benzene rings is 2. The molecule has 1 amide bonds. The Morgan fingerprint density at radius 1 is 1.11 bits per heavy atom. The van der Waals surface area contributed by atoms with Crippen molar-refractivity contribution in [1.82, 2.24) is 9.88 Å². The van der Waals surface area contributed by atoms with Crippen molar-refractivity contribution in [3.05, 3.63) is 95.1 Å². The molecule has 2 heterocycles. The maximum atomic E-state index is 13.1. The number of amides is 1. The number of aromatic nitrogens is 1. The molecule has 0 saturated carbocycles. The fraction of sp³-hybridized carbons (Fsp3) is 0.182. The van der Waals surface area contributed by atoms with Gasteiger partial charge in [0.05, 0.1) is 0 Å². The van der Waals surface area contributed by atoms with Crippen LogP contribution in [0.1, 0.15) is 27.2 Å². The van der Waals surface area contributed by atoms with Crippen molar-refractivity contribution >= 4 is 5.91 Å². The fourth-order valence-corrected chi connectivity index (χ4v) is 3.19. The average Bonchev–Trinajstić information content (AvgIpc) is 2.72. The van der Waals surface area contributed by atoms with Crippen LogP contribution in [0.4, 0.5) is 4.39 Å². The monoisotopic (exact) mass is 362 g/mol. The smallest absolute Gasteiger partial charge is 0.254 e. The van der Waals surface area contributed by atoms with Gasteiger partial charge in [-0.15, -0.1) is 0 Å². The number of fused-ring (bicyclic) bond motifs is 1. The lowest BCUT2D eigenvalue weighted by molar-refractivity contribution is 0.0733. The Bertz CT molecular complexity index is 942. The second-order valence-electron chi connectivity index (χ2n) is 6.53. The lowest BCUT2D eigenvalue weighted by atomic mass is 10.0. The summed E-state index contributed by atoms with van der Waals surface area (Å²) >= 11 is 0. The van der Waals surface area contributed by atoms with E-state index in [-0.39, 0.29) is 11.7 Å². The summed E-state index contributed by atoms with van der Waals surface area (Å²) in [7, 11) is 0. The van der Waals surface area contributed by atoms with Crippen molar-refractivity contribution in [2.24, 2.45) is 0 Å². The van der Waals surface area contributed by atoms with Crippen LogP contribution in [0.5, 0.6) is 5.75 Å². The van der Waals surface area contributed by atoms with Crippen molar-refractivity contribution in [1.29, 1.82) is 0 Å². The van der Waals surface area contributed by atoms with Crippen LogP contribution in [0.15, 0.2) is 66.9 Å². The van der Waals surface area contributed by atoms with Gasteiger partial charge in [0.2, 0.25) is 0 Å². The molecule has 1 aliphatic rings. The fourth-order valence-electron chi connectivity index (χ4n) is 3.19. The highest BCUT2D eigenvalue weighted by Crippen LogP contribution is 2.21. The molecule has 0 unspecified atom stereocenters. The zero-order chi connectivity index (χ0) is 18.6. The van der Waals surface area contributed by atoms with Gasteiger partial charge in [0.1, 0.15) is 18.2 Å². The Morgan fingerprint density at radius 3 is 2.67 bits per heavy atom. The quantitative estimate of drug-likeness (QED) is 0.705. The van der Waals surface area contributed by atoms with E-state index in [4.69, 9.17) is 4.74 Å². The van der Waals surface area contributed by atoms with Crippen molar-refractivity contribution in [2.45, 2.75) is 19.6 Å². The molecule has 136 valence electrons. The Labute approximate surface area is 157 Å². The van der Waals surface area contributed by atoms with Gasteiger partial charge in [-0.2, -0.15) is 0 Å². The van der Waals surface area contributed by atoms with E-state index in [1.807, 2.05) is 36.5 Å². The molecule has 0 fully saturated rings. The highest BCUT2D eigenvalue weighted by Gasteiger charge is 2.23. The van der Waals surface area contributed by atoms with Gasteiger partial charge in [0.15, 0.2) is 0 Å². The number of hydrogen-bond acceptors (Lipinski definition) is 3. The first-order valence-electron chi connectivity index (χ1n) is 8.88. The van der Waals surface area contributed by atoms with E-state index < -0.39 is 0 Å². The third kappa shape index (κ3) is 3.97. The number of rotatable bonds is 4. The molecular formula is C22H19FN2O2. The first-order chi connectivity index (χ1) is 13.2. The molecule has 1 aromatic heterocycles. The number of carbonyl (C=O) groups is 1. The zero-order valence-corrected chi connectivity index (χ0v) is 14.8. The third-order valence-electron chi connectivity index (χ3n) is 4.62. The van der Waals surface area contributed by atoms with Crippen molar-refractivity contribution < 1.29 is 13.9 Å². The summed E-state index contributed by atoms with van der Waals surface area (Å²) in [6, 6.07) is 17.3. The van der Waals surface area contributed by atoms with E-state index >= 15 is 0 Å². The van der Waals surface area contributed by atoms with E-state index in [9.17, 15) is 9.18 Å². The molecule has 2 aromatic carbocycles. The molecule has 0 radical (unpaired) electrons. The average molecular weight is 362 g/mol. The van der Waals surface area contributed by atoms with Gasteiger partial charge in [-0.1, -0.05) is 18.2 Å². The first kappa shape index (κ1) is 17.2. The minimum atomic E-state index is -0.345. The zero-order valence-electron chi connectivity index (χ0n) is 14.8. The van der Waals surface area contributed by atoms with Crippen molar-refractivity contribution in [3.63, 3.8) is 0 Å². The molecule has 1 aliphatic heterocycles. The maximum Gasteiger partial charge on any atom is 0.254 e. The number of ether oxygens (including phenoxy) is 1. The summed E-state index contributed by atoms with van der Waals surface area (Å²) in [6.07, 6.45) is 2.54. The number of nitrogens with zero attached hydrogens (tertiary/aromatic N) is 2. The van der Waals surface area contributed by atoms with Crippen LogP contribution in [0.25, 0.3) is 0 Å². The van der Waals surface area contributed by atoms with E-state index in [0.717, 1.165) is 22.6 Å². The highest BCUT2D eigenvalue weighted by molar-refractivity contribution is 5.94. The van der Waals surface area contributed by atoms with Crippen LogP contribution < -0.4 is 4.74 Å². The van der Waals surface area contributed by atoms with E-state index in [1.165, 1.54) is 24.3 Å². The minimum Gasteiger partial charge on any atom is -0.489 e. The van der Waals surface area contributed by atoms with Crippen LogP contribution in [0.3, 0.4) is 0 Å². The van der Waals surface area contributed by atoms with E-state index in [0.29, 0.717) is 31.7 Å². The number of carbonyl (C=O) groups excluding carboxylic acids is 1. The van der Waals surface area contributed by atoms with Gasteiger partial charge in [0, 0.05) is 42.5 Å². The molecule has 0 aliphatic carbocycles. The molecule has 27 heavy (non-hydrogen) atoms. The molecule has 5 heteroatoms. The summed E-state index contributed by atoms with van der Waals surface area (Å²) in [5, 5.41) is 0. The predicted molar refractivity (Wildman–Crippen MR) is 99.9 cm³/mol. The number of hydrogen-bond donors (Lipinski definition) is 0. The molecule has 0 N–H and O–H groups in total. The lowest BCUT2D eigenvalue weighted by Crippen LogP contribution is -2.36. The largest absolute Gasteiger partial charge is 0.489 e. The Morgan fingerprint density at radius 2 is 1.89 bits per heavy atom. The maximum absolute atomic E-state index is 13.1. The SMILES string of the molecule is O=C(c1ccc(F)cc1)N1CCc2ncc(COc3ccccc3)cc2C1. The first-order valence-corrected chi connectivity index (χ1v) is 8.88. The highest BCUT2D eigenvalue weighted by atomic mass is 19.1. The summed E-state index contributed by atoms with van der Waals surface area (Å²) in [6.45, 7) is 1.53. The summed E-state index contributed by atoms with van der Waals surface area (Å²) in [5.41, 5.74) is 3.51. The van der Waals surface area contributed by atoms with Crippen LogP contribution in [0.2, 0.25) is 0 Å². The Balaban J connectivity index is 1.46. The van der Waals surface area contributed by atoms with Crippen LogP contribution >= 0.6 is 0 Å². The predicted octanol–water partition coefficient (Wildman–Crippen LogP) is 4.00. The molecular weight excluding hydrogens is 343 g/mol. The second-order valence-corrected chi connectivity index (χ2v) is 6.53. The van der Waals surface area contributed by atoms with Gasteiger partial charge >= 0.3 is 0 Å². The molecule has 4 nitrogen and oxygen atoms in total. The number of halogens is 1. The summed E-state index contributed by atoms with van der Waals surface area (Å²) in [4.78, 5) is 19.0. The number of pyridine rings is 1. The van der Waals surface area contributed by atoms with Gasteiger partial charge in [-0.05, 0) is 48.0 Å². The van der Waals surface area contributed by atoms with Crippen molar-refractivity contribution in [3.8, 4) is 5.75 Å². The lowest BCUT2D eigenvalue weighted by Gasteiger charge is -2.28. The standard InChI is InChI=1S/C22H19FN2O2/c23-19-8-6-17(7-9-19)22(26)25-11-10-21-18(14-25)12-16(13-24-21)15-27-20-4-2-1-3-5-20/h1-9,12-13H,10-11,14-15H2. The molecule has 0 spiro atoms. The van der Waals surface area contributed by atoms with Gasteiger partial charge in [0.25, 0.3) is 5.91 Å². The summed E-state index contributed by atoms with van der Waals surface area (Å²) in [5.74, 6) is 0.373. The van der Waals surface area contributed by atoms with Gasteiger partial charge in [-0.25, -0.2) is 4.39 Å². The van der Waals surface area contributed by atoms with Crippen molar-refractivity contribution in [2.75, 3.05) is 6.54 Å². The van der Waals surface area contributed by atoms with E-state index in [2.05, 4.69) is 11.1 Å². The molecule has 3 aromatic rings. The van der Waals surface area contributed by atoms with E-state index in [1.54, 1.807) is 4.90 Å². The number of para-hydroxylation sites is 1. The topological polar surface area (TPSA) is 42.4 Å². The summed E-state index contributed by atoms with van der Waals surface area (Å²) < 4.78 is 18.9.